The van der Waals surface area contributed by atoms with Crippen LogP contribution >= 0.6 is 12.4 Å². The van der Waals surface area contributed by atoms with Crippen molar-refractivity contribution >= 4 is 28.2 Å². The van der Waals surface area contributed by atoms with E-state index in [1.165, 1.54) is 21.0 Å². The van der Waals surface area contributed by atoms with Gasteiger partial charge >= 0.3 is 6.18 Å². The van der Waals surface area contributed by atoms with Gasteiger partial charge in [-0.3, -0.25) is 4.79 Å². The topological polar surface area (TPSA) is 105 Å². The third-order valence-electron chi connectivity index (χ3n) is 5.14. The lowest BCUT2D eigenvalue weighted by Crippen LogP contribution is -2.55. The van der Waals surface area contributed by atoms with Gasteiger partial charge in [0.15, 0.2) is 15.9 Å². The van der Waals surface area contributed by atoms with Gasteiger partial charge < -0.3 is 20.5 Å². The number of rotatable bonds is 8. The number of sulfone groups is 1. The zero-order chi connectivity index (χ0) is 22.7. The largest absolute Gasteiger partial charge is 0.497 e. The molecule has 4 atom stereocenters. The van der Waals surface area contributed by atoms with Gasteiger partial charge in [-0.1, -0.05) is 26.0 Å². The van der Waals surface area contributed by atoms with E-state index in [-0.39, 0.29) is 31.1 Å². The molecule has 1 aromatic carbocycles. The molecule has 0 bridgehead atoms. The first-order valence-electron chi connectivity index (χ1n) is 9.48. The molecule has 2 rings (SSSR count). The molecule has 0 aliphatic carbocycles. The van der Waals surface area contributed by atoms with Crippen LogP contribution in [0.3, 0.4) is 0 Å². The third-order valence-corrected chi connectivity index (χ3v) is 7.26. The van der Waals surface area contributed by atoms with Crippen molar-refractivity contribution in [2.45, 2.75) is 55.6 Å². The first kappa shape index (κ1) is 27.5. The van der Waals surface area contributed by atoms with Gasteiger partial charge in [-0.25, -0.2) is 8.42 Å². The van der Waals surface area contributed by atoms with Gasteiger partial charge in [0.2, 0.25) is 5.91 Å². The number of hydrogen-bond acceptors (Lipinski definition) is 6. The van der Waals surface area contributed by atoms with Crippen molar-refractivity contribution < 1.29 is 36.2 Å². The maximum absolute atomic E-state index is 12.9. The molecule has 0 spiro atoms. The summed E-state index contributed by atoms with van der Waals surface area (Å²) in [6.45, 7) is 2.92. The van der Waals surface area contributed by atoms with Crippen molar-refractivity contribution in [2.24, 2.45) is 5.92 Å². The number of aliphatic hydroxyl groups excluding tert-OH is 1. The number of aliphatic hydroxyl groups is 1. The van der Waals surface area contributed by atoms with Crippen molar-refractivity contribution in [1.29, 1.82) is 0 Å². The standard InChI is InChI=1S/C19H27F3N2O5S.ClH/c1-11(2)16(17(25)19(20,21)22)24-18(26)15-8-14(9-23-15)30(27,28)10-12-4-6-13(29-3)7-5-12;/h4-7,11,14-17,23,25H,8-10H2,1-3H3,(H,24,26);1H/t14-,15+,16?,17?;/m1./s1. The van der Waals surface area contributed by atoms with E-state index >= 15 is 0 Å². The second-order valence-corrected chi connectivity index (χ2v) is 10.0. The molecule has 31 heavy (non-hydrogen) atoms. The smallest absolute Gasteiger partial charge is 0.416 e. The fraction of sp³-hybridized carbons (Fsp3) is 0.632. The summed E-state index contributed by atoms with van der Waals surface area (Å²) in [5.41, 5.74) is 0.567. The van der Waals surface area contributed by atoms with E-state index in [0.29, 0.717) is 11.3 Å². The number of halogens is 4. The van der Waals surface area contributed by atoms with Crippen LogP contribution in [0.5, 0.6) is 5.75 Å². The summed E-state index contributed by atoms with van der Waals surface area (Å²) in [5.74, 6) is -1.07. The summed E-state index contributed by atoms with van der Waals surface area (Å²) < 4.78 is 69.0. The second-order valence-electron chi connectivity index (χ2n) is 7.74. The molecule has 1 saturated heterocycles. The van der Waals surface area contributed by atoms with Crippen molar-refractivity contribution in [3.05, 3.63) is 29.8 Å². The fourth-order valence-electron chi connectivity index (χ4n) is 3.33. The summed E-state index contributed by atoms with van der Waals surface area (Å²) in [6, 6.07) is 4.07. The average Bonchev–Trinajstić information content (AvgIpc) is 3.16. The van der Waals surface area contributed by atoms with Crippen molar-refractivity contribution in [3.8, 4) is 5.75 Å². The molecule has 0 radical (unpaired) electrons. The maximum atomic E-state index is 12.9. The van der Waals surface area contributed by atoms with Crippen molar-refractivity contribution in [1.82, 2.24) is 10.6 Å². The highest BCUT2D eigenvalue weighted by atomic mass is 35.5. The van der Waals surface area contributed by atoms with Gasteiger partial charge in [0.25, 0.3) is 0 Å². The van der Waals surface area contributed by atoms with Gasteiger partial charge in [0.1, 0.15) is 5.75 Å². The highest BCUT2D eigenvalue weighted by Crippen LogP contribution is 2.26. The molecule has 2 unspecified atom stereocenters. The minimum atomic E-state index is -4.88. The van der Waals surface area contributed by atoms with E-state index in [9.17, 15) is 31.5 Å². The Kier molecular flexibility index (Phi) is 9.61. The van der Waals surface area contributed by atoms with E-state index in [2.05, 4.69) is 10.6 Å². The number of nitrogens with one attached hydrogen (secondary N) is 2. The monoisotopic (exact) mass is 488 g/mol. The Labute approximate surface area is 186 Å². The van der Waals surface area contributed by atoms with Gasteiger partial charge in [-0.05, 0) is 30.0 Å². The molecule has 1 fully saturated rings. The number of alkyl halides is 3. The molecule has 3 N–H and O–H groups in total. The maximum Gasteiger partial charge on any atom is 0.416 e. The lowest BCUT2D eigenvalue weighted by atomic mass is 9.97. The Morgan fingerprint density at radius 1 is 1.29 bits per heavy atom. The number of carbonyl (C=O) groups is 1. The van der Waals surface area contributed by atoms with Crippen molar-refractivity contribution in [2.75, 3.05) is 13.7 Å². The number of methoxy groups -OCH3 is 1. The average molecular weight is 489 g/mol. The van der Waals surface area contributed by atoms with Crippen LogP contribution in [0.1, 0.15) is 25.8 Å². The molecule has 1 heterocycles. The molecule has 1 aliphatic rings. The summed E-state index contributed by atoms with van der Waals surface area (Å²) in [4.78, 5) is 12.4. The predicted molar refractivity (Wildman–Crippen MR) is 112 cm³/mol. The lowest BCUT2D eigenvalue weighted by molar-refractivity contribution is -0.215. The summed E-state index contributed by atoms with van der Waals surface area (Å²) >= 11 is 0. The zero-order valence-electron chi connectivity index (χ0n) is 17.3. The Morgan fingerprint density at radius 2 is 1.87 bits per heavy atom. The van der Waals surface area contributed by atoms with E-state index in [0.717, 1.165) is 0 Å². The van der Waals surface area contributed by atoms with Crippen LogP contribution in [0, 0.1) is 5.92 Å². The molecular weight excluding hydrogens is 461 g/mol. The van der Waals surface area contributed by atoms with Crippen molar-refractivity contribution in [3.63, 3.8) is 0 Å². The molecule has 7 nitrogen and oxygen atoms in total. The normalized spacial score (nSPS) is 21.3. The molecule has 12 heteroatoms. The first-order valence-corrected chi connectivity index (χ1v) is 11.2. The van der Waals surface area contributed by atoms with Crippen LogP contribution in [0.2, 0.25) is 0 Å². The zero-order valence-corrected chi connectivity index (χ0v) is 19.0. The molecule has 0 aromatic heterocycles. The molecule has 178 valence electrons. The van der Waals surface area contributed by atoms with Gasteiger partial charge in [-0.15, -0.1) is 12.4 Å². The van der Waals surface area contributed by atoms with E-state index in [1.54, 1.807) is 24.3 Å². The third kappa shape index (κ3) is 7.23. The Morgan fingerprint density at radius 3 is 2.35 bits per heavy atom. The Balaban J connectivity index is 0.00000480. The van der Waals surface area contributed by atoms with E-state index < -0.39 is 51.3 Å². The highest BCUT2D eigenvalue weighted by Gasteiger charge is 2.46. The first-order chi connectivity index (χ1) is 13.8. The Bertz CT molecular complexity index is 834. The molecule has 0 saturated carbocycles. The lowest BCUT2D eigenvalue weighted by Gasteiger charge is -2.29. The number of amides is 1. The minimum Gasteiger partial charge on any atom is -0.497 e. The fourth-order valence-corrected chi connectivity index (χ4v) is 5.06. The number of hydrogen-bond donors (Lipinski definition) is 3. The quantitative estimate of drug-likeness (QED) is 0.515. The van der Waals surface area contributed by atoms with Crippen LogP contribution < -0.4 is 15.4 Å². The number of ether oxygens (including phenoxy) is 1. The minimum absolute atomic E-state index is 0. The Hall–Kier alpha value is -1.56. The van der Waals surface area contributed by atoms with Gasteiger partial charge in [0.05, 0.1) is 30.2 Å². The SMILES string of the molecule is COc1ccc(CS(=O)(=O)[C@H]2CN[C@H](C(=O)NC(C(C)C)C(O)C(F)(F)F)C2)cc1.Cl. The number of benzene rings is 1. The summed E-state index contributed by atoms with van der Waals surface area (Å²) in [5, 5.41) is 13.7. The molecule has 1 aliphatic heterocycles. The summed E-state index contributed by atoms with van der Waals surface area (Å²) in [6.07, 6.45) is -7.65. The molecule has 1 amide bonds. The second kappa shape index (κ2) is 10.8. The molecule has 1 aromatic rings. The van der Waals surface area contributed by atoms with E-state index in [4.69, 9.17) is 4.74 Å². The number of carbonyl (C=O) groups excluding carboxylic acids is 1. The van der Waals surface area contributed by atoms with Crippen LogP contribution in [0.4, 0.5) is 13.2 Å². The molecular formula is C19H28ClF3N2O5S. The summed E-state index contributed by atoms with van der Waals surface area (Å²) in [7, 11) is -2.10. The van der Waals surface area contributed by atoms with Gasteiger partial charge in [0, 0.05) is 6.54 Å². The van der Waals surface area contributed by atoms with Crippen LogP contribution in [0.15, 0.2) is 24.3 Å². The highest BCUT2D eigenvalue weighted by molar-refractivity contribution is 7.91. The van der Waals surface area contributed by atoms with E-state index in [1.807, 2.05) is 0 Å². The van der Waals surface area contributed by atoms with Crippen LogP contribution in [-0.2, 0) is 20.4 Å². The van der Waals surface area contributed by atoms with Crippen LogP contribution in [-0.4, -0.2) is 62.7 Å². The predicted octanol–water partition coefficient (Wildman–Crippen LogP) is 1.83. The van der Waals surface area contributed by atoms with Gasteiger partial charge in [-0.2, -0.15) is 13.2 Å². The van der Waals surface area contributed by atoms with Crippen LogP contribution in [0.25, 0.3) is 0 Å².